The summed E-state index contributed by atoms with van der Waals surface area (Å²) in [5, 5.41) is 4.24. The fourth-order valence-electron chi connectivity index (χ4n) is 2.58. The van der Waals surface area contributed by atoms with Crippen LogP contribution in [-0.4, -0.2) is 16.5 Å². The number of benzene rings is 1. The highest BCUT2D eigenvalue weighted by Gasteiger charge is 2.25. The Balaban J connectivity index is 2.02. The number of halogens is 1. The molecule has 0 amide bonds. The van der Waals surface area contributed by atoms with Gasteiger partial charge in [-0.3, -0.25) is 0 Å². The molecule has 0 bridgehead atoms. The Bertz CT molecular complexity index is 534. The number of piperidine rings is 1. The van der Waals surface area contributed by atoms with Gasteiger partial charge in [0.05, 0.1) is 16.6 Å². The minimum Gasteiger partial charge on any atom is -0.341 e. The van der Waals surface area contributed by atoms with E-state index in [0.717, 1.165) is 23.4 Å². The molecule has 0 aliphatic carbocycles. The maximum Gasteiger partial charge on any atom is 0.124 e. The topological polar surface area (TPSA) is 40.7 Å². The Labute approximate surface area is 106 Å². The lowest BCUT2D eigenvalue weighted by atomic mass is 9.92. The summed E-state index contributed by atoms with van der Waals surface area (Å²) in [6.07, 6.45) is 2.50. The molecule has 0 spiro atoms. The van der Waals surface area contributed by atoms with E-state index in [0.29, 0.717) is 17.0 Å². The summed E-state index contributed by atoms with van der Waals surface area (Å²) in [5.74, 6) is 1.63. The predicted molar refractivity (Wildman–Crippen MR) is 70.2 cm³/mol. The van der Waals surface area contributed by atoms with Crippen LogP contribution in [0.1, 0.15) is 31.6 Å². The van der Waals surface area contributed by atoms with Gasteiger partial charge in [-0.15, -0.1) is 0 Å². The van der Waals surface area contributed by atoms with Crippen molar-refractivity contribution < 1.29 is 0 Å². The summed E-state index contributed by atoms with van der Waals surface area (Å²) in [4.78, 5) is 8.01. The summed E-state index contributed by atoms with van der Waals surface area (Å²) in [7, 11) is 0. The number of rotatable bonds is 1. The molecule has 1 aliphatic heterocycles. The van der Waals surface area contributed by atoms with Crippen LogP contribution in [-0.2, 0) is 0 Å². The third-order valence-electron chi connectivity index (χ3n) is 3.55. The van der Waals surface area contributed by atoms with Crippen LogP contribution in [0, 0.1) is 5.92 Å². The first-order valence-corrected chi connectivity index (χ1v) is 6.51. The molecule has 2 N–H and O–H groups in total. The first-order chi connectivity index (χ1) is 8.25. The number of nitrogens with one attached hydrogen (secondary N) is 2. The second-order valence-electron chi connectivity index (χ2n) is 4.81. The quantitative estimate of drug-likeness (QED) is 0.814. The van der Waals surface area contributed by atoms with Crippen molar-refractivity contribution in [1.82, 2.24) is 15.3 Å². The fraction of sp³-hybridized carbons (Fsp3) is 0.462. The molecule has 2 heterocycles. The summed E-state index contributed by atoms with van der Waals surface area (Å²) in [6.45, 7) is 3.34. The molecule has 1 fully saturated rings. The van der Waals surface area contributed by atoms with Crippen LogP contribution in [0.5, 0.6) is 0 Å². The van der Waals surface area contributed by atoms with Crippen molar-refractivity contribution in [3.8, 4) is 0 Å². The highest BCUT2D eigenvalue weighted by atomic mass is 35.5. The van der Waals surface area contributed by atoms with Crippen LogP contribution in [0.4, 0.5) is 0 Å². The molecule has 0 saturated carbocycles. The second kappa shape index (κ2) is 4.31. The van der Waals surface area contributed by atoms with E-state index in [9.17, 15) is 0 Å². The van der Waals surface area contributed by atoms with Gasteiger partial charge in [-0.1, -0.05) is 24.6 Å². The highest BCUT2D eigenvalue weighted by molar-refractivity contribution is 6.34. The standard InChI is InChI=1S/C13H16ClN3/c1-8-4-3-7-15-11(8)13-16-10-6-2-5-9(14)12(10)17-13/h2,5-6,8,11,15H,3-4,7H2,1H3,(H,16,17). The van der Waals surface area contributed by atoms with Gasteiger partial charge in [0.2, 0.25) is 0 Å². The number of H-pyrrole nitrogens is 1. The molecule has 0 radical (unpaired) electrons. The van der Waals surface area contributed by atoms with E-state index in [4.69, 9.17) is 11.6 Å². The Hall–Kier alpha value is -1.06. The number of aromatic nitrogens is 2. The van der Waals surface area contributed by atoms with Crippen LogP contribution in [0.25, 0.3) is 11.0 Å². The van der Waals surface area contributed by atoms with E-state index in [1.807, 2.05) is 18.2 Å². The van der Waals surface area contributed by atoms with Gasteiger partial charge in [-0.25, -0.2) is 4.98 Å². The zero-order valence-electron chi connectivity index (χ0n) is 9.83. The summed E-state index contributed by atoms with van der Waals surface area (Å²) >= 11 is 6.14. The molecule has 90 valence electrons. The van der Waals surface area contributed by atoms with Gasteiger partial charge in [-0.2, -0.15) is 0 Å². The summed E-state index contributed by atoms with van der Waals surface area (Å²) in [5.41, 5.74) is 1.90. The minimum atomic E-state index is 0.326. The molecule has 1 saturated heterocycles. The van der Waals surface area contributed by atoms with Gasteiger partial charge in [0.25, 0.3) is 0 Å². The van der Waals surface area contributed by atoms with E-state index in [1.54, 1.807) is 0 Å². The molecule has 17 heavy (non-hydrogen) atoms. The van der Waals surface area contributed by atoms with E-state index >= 15 is 0 Å². The number of fused-ring (bicyclic) bond motifs is 1. The molecule has 1 aromatic heterocycles. The maximum atomic E-state index is 6.14. The molecule has 2 aromatic rings. The van der Waals surface area contributed by atoms with Crippen molar-refractivity contribution in [2.24, 2.45) is 5.92 Å². The maximum absolute atomic E-state index is 6.14. The lowest BCUT2D eigenvalue weighted by Gasteiger charge is -2.28. The van der Waals surface area contributed by atoms with Crippen molar-refractivity contribution in [2.45, 2.75) is 25.8 Å². The van der Waals surface area contributed by atoms with Crippen LogP contribution in [0.15, 0.2) is 18.2 Å². The van der Waals surface area contributed by atoms with E-state index in [2.05, 4.69) is 22.2 Å². The average Bonchev–Trinajstić information content (AvgIpc) is 2.75. The fourth-order valence-corrected chi connectivity index (χ4v) is 2.80. The summed E-state index contributed by atoms with van der Waals surface area (Å²) < 4.78 is 0. The monoisotopic (exact) mass is 249 g/mol. The molecule has 3 rings (SSSR count). The lowest BCUT2D eigenvalue weighted by molar-refractivity contribution is 0.296. The van der Waals surface area contributed by atoms with Gasteiger partial charge in [-0.05, 0) is 37.4 Å². The molecular weight excluding hydrogens is 234 g/mol. The normalized spacial score (nSPS) is 25.3. The van der Waals surface area contributed by atoms with Gasteiger partial charge >= 0.3 is 0 Å². The lowest BCUT2D eigenvalue weighted by Crippen LogP contribution is -2.33. The minimum absolute atomic E-state index is 0.326. The molecular formula is C13H16ClN3. The molecule has 2 unspecified atom stereocenters. The second-order valence-corrected chi connectivity index (χ2v) is 5.22. The summed E-state index contributed by atoms with van der Waals surface area (Å²) in [6, 6.07) is 6.18. The molecule has 2 atom stereocenters. The number of aromatic amines is 1. The first-order valence-electron chi connectivity index (χ1n) is 6.13. The average molecular weight is 250 g/mol. The SMILES string of the molecule is CC1CCCNC1c1nc2c(Cl)cccc2[nH]1. The van der Waals surface area contributed by atoms with Crippen molar-refractivity contribution in [3.05, 3.63) is 29.0 Å². The highest BCUT2D eigenvalue weighted by Crippen LogP contribution is 2.30. The van der Waals surface area contributed by atoms with Crippen molar-refractivity contribution >= 4 is 22.6 Å². The molecule has 4 heteroatoms. The van der Waals surface area contributed by atoms with Crippen molar-refractivity contribution in [3.63, 3.8) is 0 Å². The van der Waals surface area contributed by atoms with Crippen LogP contribution in [0.2, 0.25) is 5.02 Å². The van der Waals surface area contributed by atoms with E-state index < -0.39 is 0 Å². The van der Waals surface area contributed by atoms with Crippen LogP contribution >= 0.6 is 11.6 Å². The molecule has 1 aliphatic rings. The number of hydrogen-bond donors (Lipinski definition) is 2. The number of para-hydroxylation sites is 1. The smallest absolute Gasteiger partial charge is 0.124 e. The number of imidazole rings is 1. The van der Waals surface area contributed by atoms with E-state index in [-0.39, 0.29) is 0 Å². The van der Waals surface area contributed by atoms with Gasteiger partial charge in [0, 0.05) is 0 Å². The van der Waals surface area contributed by atoms with Gasteiger partial charge < -0.3 is 10.3 Å². The zero-order chi connectivity index (χ0) is 11.8. The van der Waals surface area contributed by atoms with Crippen LogP contribution in [0.3, 0.4) is 0 Å². The third kappa shape index (κ3) is 1.94. The molecule has 1 aromatic carbocycles. The third-order valence-corrected chi connectivity index (χ3v) is 3.85. The Morgan fingerprint density at radius 2 is 2.29 bits per heavy atom. The first kappa shape index (κ1) is 11.1. The number of hydrogen-bond acceptors (Lipinski definition) is 2. The zero-order valence-corrected chi connectivity index (χ0v) is 10.6. The Morgan fingerprint density at radius 1 is 1.41 bits per heavy atom. The Morgan fingerprint density at radius 3 is 3.06 bits per heavy atom. The molecule has 3 nitrogen and oxygen atoms in total. The number of nitrogens with zero attached hydrogens (tertiary/aromatic N) is 1. The van der Waals surface area contributed by atoms with Crippen molar-refractivity contribution in [2.75, 3.05) is 6.54 Å². The largest absolute Gasteiger partial charge is 0.341 e. The van der Waals surface area contributed by atoms with Gasteiger partial charge in [0.1, 0.15) is 11.3 Å². The Kier molecular flexibility index (Phi) is 2.81. The van der Waals surface area contributed by atoms with Crippen molar-refractivity contribution in [1.29, 1.82) is 0 Å². The predicted octanol–water partition coefficient (Wildman–Crippen LogP) is 3.28. The van der Waals surface area contributed by atoms with Gasteiger partial charge in [0.15, 0.2) is 0 Å². The van der Waals surface area contributed by atoms with E-state index in [1.165, 1.54) is 12.8 Å². The van der Waals surface area contributed by atoms with Crippen LogP contribution < -0.4 is 5.32 Å².